The van der Waals surface area contributed by atoms with Crippen molar-refractivity contribution in [2.45, 2.75) is 0 Å². The Morgan fingerprint density at radius 2 is 1.92 bits per heavy atom. The van der Waals surface area contributed by atoms with Crippen molar-refractivity contribution in [2.75, 3.05) is 43.4 Å². The first kappa shape index (κ1) is 25.7. The minimum Gasteiger partial charge on any atom is -0.424 e. The Labute approximate surface area is 217 Å². The van der Waals surface area contributed by atoms with Crippen LogP contribution in [0.2, 0.25) is 0 Å². The third kappa shape index (κ3) is 6.26. The molecule has 13 heteroatoms. The lowest BCUT2D eigenvalue weighted by atomic mass is 10.3. The molecule has 5 rings (SSSR count). The number of imidazole rings is 1. The molecule has 0 saturated carbocycles. The number of benzene rings is 1. The number of anilines is 3. The third-order valence-corrected chi connectivity index (χ3v) is 6.36. The van der Waals surface area contributed by atoms with Crippen molar-refractivity contribution in [1.82, 2.24) is 29.4 Å². The second-order valence-electron chi connectivity index (χ2n) is 7.91. The Bertz CT molecular complexity index is 1370. The molecule has 0 unspecified atom stereocenters. The summed E-state index contributed by atoms with van der Waals surface area (Å²) in [5, 5.41) is 19.4. The molecule has 1 aliphatic rings. The second-order valence-corrected chi connectivity index (χ2v) is 8.94. The summed E-state index contributed by atoms with van der Waals surface area (Å²) in [4.78, 5) is 22.7. The van der Waals surface area contributed by atoms with E-state index in [1.165, 1.54) is 17.5 Å². The van der Waals surface area contributed by atoms with Gasteiger partial charge in [-0.2, -0.15) is 15.2 Å². The van der Waals surface area contributed by atoms with Gasteiger partial charge < -0.3 is 29.6 Å². The van der Waals surface area contributed by atoms with Crippen molar-refractivity contribution in [3.8, 4) is 23.5 Å². The van der Waals surface area contributed by atoms with Gasteiger partial charge in [-0.05, 0) is 37.4 Å². The highest BCUT2D eigenvalue weighted by Gasteiger charge is 2.18. The monoisotopic (exact) mass is 518 g/mol. The minimum atomic E-state index is 0.225. The van der Waals surface area contributed by atoms with Crippen molar-refractivity contribution in [2.24, 2.45) is 5.90 Å². The molecule has 3 aromatic heterocycles. The van der Waals surface area contributed by atoms with Gasteiger partial charge in [0.05, 0.1) is 6.20 Å². The molecule has 4 heterocycles. The number of nitrogens with two attached hydrogens (primary N) is 1. The number of aromatic nitrogens is 5. The van der Waals surface area contributed by atoms with Crippen molar-refractivity contribution in [1.29, 1.82) is 5.26 Å². The first-order valence-corrected chi connectivity index (χ1v) is 12.1. The fourth-order valence-electron chi connectivity index (χ4n) is 3.68. The summed E-state index contributed by atoms with van der Waals surface area (Å²) < 4.78 is 7.99. The molecular weight excluding hydrogens is 492 g/mol. The molecule has 0 amide bonds. The molecule has 0 radical (unpaired) electrons. The average molecular weight is 519 g/mol. The maximum absolute atomic E-state index is 9.10. The molecule has 4 aromatic rings. The van der Waals surface area contributed by atoms with Crippen LogP contribution in [0.1, 0.15) is 10.7 Å². The number of thiazole rings is 1. The van der Waals surface area contributed by atoms with Crippen LogP contribution in [-0.4, -0.2) is 67.8 Å². The van der Waals surface area contributed by atoms with E-state index in [1.807, 2.05) is 41.1 Å². The van der Waals surface area contributed by atoms with Gasteiger partial charge >= 0.3 is 6.01 Å². The van der Waals surface area contributed by atoms with Crippen molar-refractivity contribution < 1.29 is 9.94 Å². The number of hydrogen-bond acceptors (Lipinski definition) is 12. The largest absolute Gasteiger partial charge is 0.424 e. The molecule has 0 bridgehead atoms. The number of hydrogen-bond donors (Lipinski definition) is 3. The zero-order chi connectivity index (χ0) is 26.2. The fraction of sp³-hybridized carbons (Fsp3) is 0.208. The number of nitrogens with one attached hydrogen (secondary N) is 1. The predicted octanol–water partition coefficient (Wildman–Crippen LogP) is 3.26. The second kappa shape index (κ2) is 12.1. The lowest BCUT2D eigenvalue weighted by Gasteiger charge is -2.33. The van der Waals surface area contributed by atoms with Crippen LogP contribution in [0.3, 0.4) is 0 Å². The normalized spacial score (nSPS) is 13.3. The van der Waals surface area contributed by atoms with Crippen LogP contribution in [0.25, 0.3) is 11.8 Å². The molecule has 4 N–H and O–H groups in total. The lowest BCUT2D eigenvalue weighted by molar-refractivity contribution is 0.311. The summed E-state index contributed by atoms with van der Waals surface area (Å²) in [6, 6.07) is 11.8. The number of likely N-dealkylation sites (N-methyl/N-ethyl adjacent to an activating group) is 1. The SMILES string of the molecule is C=Cc1nccn1-c1ccc(Oc2nc(Nc3ncc(C#N)s3)cc(N3CCN(C)CC3)n2)cc1.NO. The molecule has 37 heavy (non-hydrogen) atoms. The molecule has 1 saturated heterocycles. The van der Waals surface area contributed by atoms with E-state index in [4.69, 9.17) is 15.2 Å². The van der Waals surface area contributed by atoms with Gasteiger partial charge in [0.2, 0.25) is 0 Å². The Kier molecular flexibility index (Phi) is 8.39. The maximum atomic E-state index is 9.10. The average Bonchev–Trinajstić information content (AvgIpc) is 3.60. The van der Waals surface area contributed by atoms with Crippen LogP contribution in [0, 0.1) is 11.3 Å². The van der Waals surface area contributed by atoms with Crippen molar-refractivity contribution in [3.63, 3.8) is 0 Å². The first-order chi connectivity index (χ1) is 18.1. The molecule has 0 spiro atoms. The molecule has 12 nitrogen and oxygen atoms in total. The van der Waals surface area contributed by atoms with E-state index < -0.39 is 0 Å². The summed E-state index contributed by atoms with van der Waals surface area (Å²) in [5.74, 6) is 6.19. The number of nitrogens with zero attached hydrogens (tertiary/aromatic N) is 8. The molecule has 190 valence electrons. The molecule has 0 atom stereocenters. The van der Waals surface area contributed by atoms with Crippen LogP contribution < -0.4 is 20.9 Å². The Hall–Kier alpha value is -4.35. The van der Waals surface area contributed by atoms with E-state index >= 15 is 0 Å². The van der Waals surface area contributed by atoms with Gasteiger partial charge in [-0.15, -0.1) is 0 Å². The zero-order valence-corrected chi connectivity index (χ0v) is 21.0. The predicted molar refractivity (Wildman–Crippen MR) is 142 cm³/mol. The van der Waals surface area contributed by atoms with E-state index in [-0.39, 0.29) is 6.01 Å². The van der Waals surface area contributed by atoms with Gasteiger partial charge in [-0.25, -0.2) is 15.9 Å². The maximum Gasteiger partial charge on any atom is 0.325 e. The number of nitriles is 1. The Balaban J connectivity index is 0.00000156. The molecule has 0 aliphatic carbocycles. The minimum absolute atomic E-state index is 0.225. The summed E-state index contributed by atoms with van der Waals surface area (Å²) in [7, 11) is 2.11. The summed E-state index contributed by atoms with van der Waals surface area (Å²) in [6.07, 6.45) is 6.85. The summed E-state index contributed by atoms with van der Waals surface area (Å²) >= 11 is 1.26. The van der Waals surface area contributed by atoms with Gasteiger partial charge in [0.15, 0.2) is 5.13 Å². The highest BCUT2D eigenvalue weighted by Crippen LogP contribution is 2.28. The van der Waals surface area contributed by atoms with E-state index in [9.17, 15) is 0 Å². The third-order valence-electron chi connectivity index (χ3n) is 5.55. The Morgan fingerprint density at radius 3 is 2.59 bits per heavy atom. The highest BCUT2D eigenvalue weighted by molar-refractivity contribution is 7.16. The van der Waals surface area contributed by atoms with Crippen molar-refractivity contribution in [3.05, 3.63) is 66.2 Å². The highest BCUT2D eigenvalue weighted by atomic mass is 32.1. The van der Waals surface area contributed by atoms with E-state index in [2.05, 4.69) is 60.6 Å². The van der Waals surface area contributed by atoms with E-state index in [0.717, 1.165) is 43.5 Å². The van der Waals surface area contributed by atoms with Gasteiger partial charge in [0.1, 0.15) is 34.2 Å². The molecular formula is C24H26N10O2S. The van der Waals surface area contributed by atoms with Gasteiger partial charge in [0, 0.05) is 50.3 Å². The van der Waals surface area contributed by atoms with Crippen molar-refractivity contribution >= 4 is 34.2 Å². The van der Waals surface area contributed by atoms with Crippen LogP contribution in [-0.2, 0) is 0 Å². The van der Waals surface area contributed by atoms with Crippen LogP contribution in [0.4, 0.5) is 16.8 Å². The number of rotatable bonds is 7. The van der Waals surface area contributed by atoms with Gasteiger partial charge in [-0.1, -0.05) is 17.9 Å². The first-order valence-electron chi connectivity index (χ1n) is 11.3. The van der Waals surface area contributed by atoms with E-state index in [0.29, 0.717) is 21.6 Å². The lowest BCUT2D eigenvalue weighted by Crippen LogP contribution is -2.44. The summed E-state index contributed by atoms with van der Waals surface area (Å²) in [5.41, 5.74) is 0.941. The molecule has 1 aliphatic heterocycles. The summed E-state index contributed by atoms with van der Waals surface area (Å²) in [6.45, 7) is 7.41. The van der Waals surface area contributed by atoms with Gasteiger partial charge in [0.25, 0.3) is 0 Å². The van der Waals surface area contributed by atoms with Crippen LogP contribution in [0.5, 0.6) is 11.8 Å². The molecule has 1 aromatic carbocycles. The Morgan fingerprint density at radius 1 is 1.16 bits per heavy atom. The fourth-order valence-corrected chi connectivity index (χ4v) is 4.30. The quantitative estimate of drug-likeness (QED) is 0.309. The van der Waals surface area contributed by atoms with Crippen LogP contribution >= 0.6 is 11.3 Å². The van der Waals surface area contributed by atoms with Crippen LogP contribution in [0.15, 0.2) is 55.5 Å². The standard InChI is InChI=1S/C24H23N9OS.H3NO/c1-3-21-26-8-9-33(21)17-4-6-18(7-5-17)34-23-28-20(29-24-27-16-19(15-25)35-24)14-22(30-23)32-12-10-31(2)11-13-32;1-2/h3-9,14,16H,1,10-13H2,2H3,(H,27,28,29,30);2H,1H2. The number of piperazine rings is 1. The van der Waals surface area contributed by atoms with Gasteiger partial charge in [-0.3, -0.25) is 0 Å². The number of ether oxygens (including phenoxy) is 1. The van der Waals surface area contributed by atoms with E-state index in [1.54, 1.807) is 12.3 Å². The smallest absolute Gasteiger partial charge is 0.325 e. The molecule has 1 fully saturated rings. The topological polar surface area (TPSA) is 154 Å². The zero-order valence-electron chi connectivity index (χ0n) is 20.2.